The topological polar surface area (TPSA) is 25.8 Å². The van der Waals surface area contributed by atoms with Crippen molar-refractivity contribution in [3.05, 3.63) is 23.8 Å². The van der Waals surface area contributed by atoms with Crippen molar-refractivity contribution in [1.82, 2.24) is 9.97 Å². The fraction of sp³-hybridized carbons (Fsp3) is 0.600. The zero-order chi connectivity index (χ0) is 8.39. The molecule has 1 saturated carbocycles. The van der Waals surface area contributed by atoms with Gasteiger partial charge in [-0.3, -0.25) is 0 Å². The van der Waals surface area contributed by atoms with E-state index in [0.717, 1.165) is 30.3 Å². The molecule has 1 aliphatic carbocycles. The molecule has 2 heteroatoms. The van der Waals surface area contributed by atoms with Crippen LogP contribution in [0.15, 0.2) is 6.20 Å². The highest BCUT2D eigenvalue weighted by molar-refractivity contribution is 5.01. The molecule has 1 radical (unpaired) electrons. The molecule has 1 aromatic heterocycles. The van der Waals surface area contributed by atoms with Crippen LogP contribution in [-0.4, -0.2) is 9.97 Å². The summed E-state index contributed by atoms with van der Waals surface area (Å²) < 4.78 is 0. The van der Waals surface area contributed by atoms with Gasteiger partial charge in [0.25, 0.3) is 0 Å². The predicted octanol–water partition coefficient (Wildman–Crippen LogP) is 1.79. The summed E-state index contributed by atoms with van der Waals surface area (Å²) in [5, 5.41) is 0. The van der Waals surface area contributed by atoms with E-state index in [-0.39, 0.29) is 0 Å². The van der Waals surface area contributed by atoms with Gasteiger partial charge in [-0.15, -0.1) is 0 Å². The van der Waals surface area contributed by atoms with Crippen molar-refractivity contribution < 1.29 is 0 Å². The van der Waals surface area contributed by atoms with E-state index in [1.165, 1.54) is 12.8 Å². The molecular weight excluding hydrogens is 148 g/mol. The fourth-order valence-corrected chi connectivity index (χ4v) is 1.26. The number of nitrogens with zero attached hydrogens (tertiary/aromatic N) is 2. The molecule has 1 aliphatic rings. The molecule has 1 aromatic rings. The molecule has 0 amide bonds. The minimum atomic E-state index is 0.872. The van der Waals surface area contributed by atoms with Gasteiger partial charge in [0.1, 0.15) is 5.82 Å². The van der Waals surface area contributed by atoms with Gasteiger partial charge in [0, 0.05) is 18.7 Å². The van der Waals surface area contributed by atoms with Gasteiger partial charge >= 0.3 is 0 Å². The molecular formula is C10H13N2. The summed E-state index contributed by atoms with van der Waals surface area (Å²) in [6.07, 6.45) is 6.51. The van der Waals surface area contributed by atoms with Crippen molar-refractivity contribution in [3.8, 4) is 0 Å². The lowest BCUT2D eigenvalue weighted by molar-refractivity contribution is 0.757. The molecule has 0 atom stereocenters. The van der Waals surface area contributed by atoms with Crippen LogP contribution in [-0.2, 0) is 12.8 Å². The maximum absolute atomic E-state index is 4.40. The van der Waals surface area contributed by atoms with Crippen molar-refractivity contribution in [3.63, 3.8) is 0 Å². The maximum atomic E-state index is 4.40. The van der Waals surface area contributed by atoms with Gasteiger partial charge in [-0.2, -0.15) is 0 Å². The van der Waals surface area contributed by atoms with Gasteiger partial charge in [0.15, 0.2) is 0 Å². The Morgan fingerprint density at radius 1 is 1.58 bits per heavy atom. The lowest BCUT2D eigenvalue weighted by atomic mass is 10.2. The highest BCUT2D eigenvalue weighted by atomic mass is 14.9. The van der Waals surface area contributed by atoms with E-state index in [1.807, 2.05) is 0 Å². The number of hydrogen-bond acceptors (Lipinski definition) is 2. The monoisotopic (exact) mass is 161 g/mol. The van der Waals surface area contributed by atoms with Gasteiger partial charge < -0.3 is 0 Å². The smallest absolute Gasteiger partial charge is 0.128 e. The van der Waals surface area contributed by atoms with Gasteiger partial charge in [-0.25, -0.2) is 9.97 Å². The van der Waals surface area contributed by atoms with Gasteiger partial charge in [-0.1, -0.05) is 6.92 Å². The van der Waals surface area contributed by atoms with E-state index in [2.05, 4.69) is 23.0 Å². The predicted molar refractivity (Wildman–Crippen MR) is 46.7 cm³/mol. The maximum Gasteiger partial charge on any atom is 0.128 e. The standard InChI is InChI=1S/C10H13N2/c1-2-9-5-6-11-10(12-9)7-8-3-4-8/h6,8H,2-4,7H2,1H3. The van der Waals surface area contributed by atoms with Crippen LogP contribution in [0.4, 0.5) is 0 Å². The Labute approximate surface area is 73.1 Å². The molecule has 1 heterocycles. The molecule has 0 unspecified atom stereocenters. The second-order valence-corrected chi connectivity index (χ2v) is 3.38. The van der Waals surface area contributed by atoms with Crippen molar-refractivity contribution >= 4 is 0 Å². The van der Waals surface area contributed by atoms with Crippen molar-refractivity contribution in [1.29, 1.82) is 0 Å². The summed E-state index contributed by atoms with van der Waals surface area (Å²) >= 11 is 0. The summed E-state index contributed by atoms with van der Waals surface area (Å²) in [4.78, 5) is 8.61. The Bertz CT molecular complexity index is 266. The molecule has 0 aromatic carbocycles. The highest BCUT2D eigenvalue weighted by Crippen LogP contribution is 2.31. The van der Waals surface area contributed by atoms with Crippen LogP contribution in [0.1, 0.15) is 31.3 Å². The first-order chi connectivity index (χ1) is 5.88. The average Bonchev–Trinajstić information content (AvgIpc) is 2.89. The highest BCUT2D eigenvalue weighted by Gasteiger charge is 2.22. The molecule has 0 saturated heterocycles. The number of aryl methyl sites for hydroxylation is 1. The number of rotatable bonds is 3. The second kappa shape index (κ2) is 3.21. The summed E-state index contributed by atoms with van der Waals surface area (Å²) in [7, 11) is 0. The van der Waals surface area contributed by atoms with Crippen LogP contribution in [0.5, 0.6) is 0 Å². The Morgan fingerprint density at radius 2 is 2.42 bits per heavy atom. The minimum absolute atomic E-state index is 0.872. The third kappa shape index (κ3) is 1.81. The summed E-state index contributed by atoms with van der Waals surface area (Å²) in [5.74, 6) is 1.88. The minimum Gasteiger partial charge on any atom is -0.241 e. The molecule has 2 nitrogen and oxygen atoms in total. The van der Waals surface area contributed by atoms with E-state index >= 15 is 0 Å². The largest absolute Gasteiger partial charge is 0.241 e. The number of hydrogen-bond donors (Lipinski definition) is 0. The van der Waals surface area contributed by atoms with Gasteiger partial charge in [0.2, 0.25) is 0 Å². The second-order valence-electron chi connectivity index (χ2n) is 3.38. The van der Waals surface area contributed by atoms with E-state index in [1.54, 1.807) is 6.20 Å². The quantitative estimate of drug-likeness (QED) is 0.675. The van der Waals surface area contributed by atoms with Gasteiger partial charge in [-0.05, 0) is 25.2 Å². The zero-order valence-electron chi connectivity index (χ0n) is 7.38. The van der Waals surface area contributed by atoms with E-state index < -0.39 is 0 Å². The summed E-state index contributed by atoms with van der Waals surface area (Å²) in [6, 6.07) is 3.03. The van der Waals surface area contributed by atoms with Crippen LogP contribution in [0.25, 0.3) is 0 Å². The Morgan fingerprint density at radius 3 is 3.08 bits per heavy atom. The van der Waals surface area contributed by atoms with Crippen LogP contribution >= 0.6 is 0 Å². The summed E-state index contributed by atoms with van der Waals surface area (Å²) in [5.41, 5.74) is 1.04. The molecule has 0 spiro atoms. The van der Waals surface area contributed by atoms with Crippen molar-refractivity contribution in [2.24, 2.45) is 5.92 Å². The van der Waals surface area contributed by atoms with E-state index in [9.17, 15) is 0 Å². The van der Waals surface area contributed by atoms with Crippen molar-refractivity contribution in [2.75, 3.05) is 0 Å². The SMILES string of the molecule is CCc1[c]cnc(CC2CC2)n1. The first kappa shape index (κ1) is 7.71. The van der Waals surface area contributed by atoms with E-state index in [4.69, 9.17) is 0 Å². The Balaban J connectivity index is 2.08. The zero-order valence-corrected chi connectivity index (χ0v) is 7.38. The third-order valence-electron chi connectivity index (χ3n) is 2.21. The molecule has 2 rings (SSSR count). The normalized spacial score (nSPS) is 16.4. The Kier molecular flexibility index (Phi) is 2.07. The van der Waals surface area contributed by atoms with Crippen LogP contribution in [0.2, 0.25) is 0 Å². The first-order valence-electron chi connectivity index (χ1n) is 4.61. The third-order valence-corrected chi connectivity index (χ3v) is 2.21. The molecule has 0 N–H and O–H groups in total. The summed E-state index contributed by atoms with van der Waals surface area (Å²) in [6.45, 7) is 2.10. The van der Waals surface area contributed by atoms with Crippen LogP contribution in [0.3, 0.4) is 0 Å². The molecule has 1 fully saturated rings. The fourth-order valence-electron chi connectivity index (χ4n) is 1.26. The molecule has 63 valence electrons. The van der Waals surface area contributed by atoms with Crippen LogP contribution < -0.4 is 0 Å². The lowest BCUT2D eigenvalue weighted by Crippen LogP contribution is -1.99. The number of aromatic nitrogens is 2. The van der Waals surface area contributed by atoms with Crippen LogP contribution in [0, 0.1) is 12.0 Å². The molecule has 0 bridgehead atoms. The van der Waals surface area contributed by atoms with Crippen molar-refractivity contribution in [2.45, 2.75) is 32.6 Å². The van der Waals surface area contributed by atoms with E-state index in [0.29, 0.717) is 0 Å². The Hall–Kier alpha value is -0.920. The molecule has 0 aliphatic heterocycles. The average molecular weight is 161 g/mol. The van der Waals surface area contributed by atoms with Gasteiger partial charge in [0.05, 0.1) is 5.69 Å². The molecule has 12 heavy (non-hydrogen) atoms. The first-order valence-corrected chi connectivity index (χ1v) is 4.61. The lowest BCUT2D eigenvalue weighted by Gasteiger charge is -1.98.